The number of hydrogen-bond acceptors (Lipinski definition) is 6. The summed E-state index contributed by atoms with van der Waals surface area (Å²) in [5.41, 5.74) is 7.29. The van der Waals surface area contributed by atoms with Gasteiger partial charge in [-0.25, -0.2) is 4.79 Å². The summed E-state index contributed by atoms with van der Waals surface area (Å²) in [4.78, 5) is 11.8. The van der Waals surface area contributed by atoms with Gasteiger partial charge in [0.1, 0.15) is 5.04 Å². The molecule has 0 aromatic rings. The van der Waals surface area contributed by atoms with Crippen LogP contribution >= 0.6 is 11.8 Å². The molecule has 1 aliphatic carbocycles. The first-order chi connectivity index (χ1) is 8.04. The summed E-state index contributed by atoms with van der Waals surface area (Å²) < 4.78 is 0. The van der Waals surface area contributed by atoms with Crippen LogP contribution in [0, 0.1) is 21.8 Å². The number of nitrogens with zero attached hydrogens (tertiary/aromatic N) is 1. The van der Waals surface area contributed by atoms with Crippen LogP contribution in [0.5, 0.6) is 0 Å². The zero-order chi connectivity index (χ0) is 12.6. The lowest BCUT2D eigenvalue weighted by atomic mass is 9.98. The van der Waals surface area contributed by atoms with E-state index in [1.165, 1.54) is 0 Å². The van der Waals surface area contributed by atoms with Crippen molar-refractivity contribution in [3.05, 3.63) is 22.3 Å². The zero-order valence-electron chi connectivity index (χ0n) is 8.55. The van der Waals surface area contributed by atoms with Crippen molar-refractivity contribution in [2.75, 3.05) is 0 Å². The highest BCUT2D eigenvalue weighted by molar-refractivity contribution is 8.20. The van der Waals surface area contributed by atoms with Crippen LogP contribution in [-0.2, 0) is 0 Å². The second-order valence-electron chi connectivity index (χ2n) is 3.35. The van der Waals surface area contributed by atoms with Gasteiger partial charge in [0.2, 0.25) is 0 Å². The average molecular weight is 248 g/mol. The van der Waals surface area contributed by atoms with Gasteiger partial charge in [0.05, 0.1) is 17.1 Å². The lowest BCUT2D eigenvalue weighted by molar-refractivity contribution is 0.250. The van der Waals surface area contributed by atoms with Crippen LogP contribution in [0.25, 0.3) is 0 Å². The number of carbonyl (C=O) groups is 1. The van der Waals surface area contributed by atoms with Crippen molar-refractivity contribution in [2.24, 2.45) is 5.11 Å². The maximum absolute atomic E-state index is 11.1. The van der Waals surface area contributed by atoms with E-state index in [2.05, 4.69) is 10.4 Å². The van der Waals surface area contributed by atoms with Crippen LogP contribution in [-0.4, -0.2) is 22.5 Å². The van der Waals surface area contributed by atoms with Crippen LogP contribution in [0.15, 0.2) is 27.4 Å². The molecule has 2 amide bonds. The first kappa shape index (κ1) is 11.4. The Kier molecular flexibility index (Phi) is 2.72. The highest BCUT2D eigenvalue weighted by Crippen LogP contribution is 2.39. The molecule has 0 bridgehead atoms. The van der Waals surface area contributed by atoms with Crippen LogP contribution in [0.1, 0.15) is 6.42 Å². The number of urea groups is 1. The molecule has 86 valence electrons. The fourth-order valence-electron chi connectivity index (χ4n) is 1.56. The summed E-state index contributed by atoms with van der Waals surface area (Å²) in [7, 11) is 0. The Hall–Kier alpha value is -2.09. The van der Waals surface area contributed by atoms with E-state index < -0.39 is 6.03 Å². The highest BCUT2D eigenvalue weighted by Gasteiger charge is 2.33. The molecule has 5 N–H and O–H groups in total. The third kappa shape index (κ3) is 1.82. The molecule has 1 heterocycles. The molecule has 0 saturated carbocycles. The number of amides is 2. The number of fused-ring (bicyclic) bond motifs is 1. The zero-order valence-corrected chi connectivity index (χ0v) is 9.36. The molecule has 2 rings (SSSR count). The van der Waals surface area contributed by atoms with Gasteiger partial charge in [-0.15, -0.1) is 0 Å². The minimum absolute atomic E-state index is 0.00835. The van der Waals surface area contributed by atoms with E-state index >= 15 is 0 Å². The predicted molar refractivity (Wildman–Crippen MR) is 64.2 cm³/mol. The first-order valence-corrected chi connectivity index (χ1v) is 5.43. The third-order valence-electron chi connectivity index (χ3n) is 2.31. The normalized spacial score (nSPS) is 19.1. The van der Waals surface area contributed by atoms with Gasteiger partial charge in [0, 0.05) is 16.9 Å². The number of hydrogen-bond donors (Lipinski definition) is 5. The van der Waals surface area contributed by atoms with Crippen molar-refractivity contribution in [2.45, 2.75) is 6.42 Å². The Balaban J connectivity index is 2.50. The van der Waals surface area contributed by atoms with E-state index in [1.54, 1.807) is 6.08 Å². The van der Waals surface area contributed by atoms with Gasteiger partial charge in [-0.3, -0.25) is 10.8 Å². The molecule has 0 aromatic heterocycles. The summed E-state index contributed by atoms with van der Waals surface area (Å²) >= 11 is 1.13. The highest BCUT2D eigenvalue weighted by atomic mass is 32.2. The lowest BCUT2D eigenvalue weighted by Crippen LogP contribution is -2.28. The van der Waals surface area contributed by atoms with Gasteiger partial charge in [-0.2, -0.15) is 5.53 Å². The van der Waals surface area contributed by atoms with Crippen molar-refractivity contribution >= 4 is 34.3 Å². The minimum atomic E-state index is -0.880. The van der Waals surface area contributed by atoms with E-state index in [-0.39, 0.29) is 22.2 Å². The van der Waals surface area contributed by atoms with Crippen LogP contribution in [0.4, 0.5) is 4.79 Å². The molecule has 1 fully saturated rings. The van der Waals surface area contributed by atoms with Crippen LogP contribution < -0.4 is 5.32 Å². The molecule has 0 spiro atoms. The van der Waals surface area contributed by atoms with E-state index in [9.17, 15) is 4.79 Å². The van der Waals surface area contributed by atoms with E-state index in [0.29, 0.717) is 16.9 Å². The number of nitrogens with one attached hydrogen (secondary N) is 5. The second kappa shape index (κ2) is 4.06. The fraction of sp³-hybridized carbons (Fsp3) is 0.111. The monoisotopic (exact) mass is 248 g/mol. The van der Waals surface area contributed by atoms with Gasteiger partial charge in [-0.05, 0) is 0 Å². The topological polar surface area (TPSA) is 137 Å². The summed E-state index contributed by atoms with van der Waals surface area (Å²) in [6, 6.07) is -0.880. The third-order valence-corrected chi connectivity index (χ3v) is 3.31. The van der Waals surface area contributed by atoms with Crippen molar-refractivity contribution < 1.29 is 4.79 Å². The molecular formula is C9H8N6OS. The molecule has 0 aromatic carbocycles. The van der Waals surface area contributed by atoms with Gasteiger partial charge in [0.15, 0.2) is 0 Å². The van der Waals surface area contributed by atoms with Gasteiger partial charge in [-0.1, -0.05) is 23.0 Å². The van der Waals surface area contributed by atoms with Gasteiger partial charge < -0.3 is 10.7 Å². The van der Waals surface area contributed by atoms with Crippen LogP contribution in [0.3, 0.4) is 0 Å². The number of carbonyl (C=O) groups excluding carboxylic acids is 1. The number of allylic oxidation sites excluding steroid dienone is 3. The smallest absolute Gasteiger partial charge is 0.303 e. The van der Waals surface area contributed by atoms with Crippen molar-refractivity contribution in [3.63, 3.8) is 0 Å². The molecule has 0 atom stereocenters. The molecule has 0 unspecified atom stereocenters. The van der Waals surface area contributed by atoms with E-state index in [0.717, 1.165) is 11.8 Å². The van der Waals surface area contributed by atoms with Gasteiger partial charge in [0.25, 0.3) is 0 Å². The molecule has 2 aliphatic rings. The summed E-state index contributed by atoms with van der Waals surface area (Å²) in [6.07, 6.45) is 2.09. The molecule has 1 aliphatic heterocycles. The van der Waals surface area contributed by atoms with Crippen molar-refractivity contribution in [3.8, 4) is 0 Å². The first-order valence-electron chi connectivity index (χ1n) is 4.61. The fourth-order valence-corrected chi connectivity index (χ4v) is 2.46. The van der Waals surface area contributed by atoms with E-state index in [1.807, 2.05) is 0 Å². The Morgan fingerprint density at radius 3 is 2.76 bits per heavy atom. The average Bonchev–Trinajstić information content (AvgIpc) is 2.59. The lowest BCUT2D eigenvalue weighted by Gasteiger charge is -2.16. The summed E-state index contributed by atoms with van der Waals surface area (Å²) in [5, 5.41) is 28.1. The molecule has 17 heavy (non-hydrogen) atoms. The Bertz CT molecular complexity index is 544. The number of rotatable bonds is 1. The molecule has 8 heteroatoms. The van der Waals surface area contributed by atoms with E-state index in [4.69, 9.17) is 21.8 Å². The maximum atomic E-state index is 11.1. The predicted octanol–water partition coefficient (Wildman–Crippen LogP) is 2.03. The summed E-state index contributed by atoms with van der Waals surface area (Å²) in [5.74, 6) is 0. The molecular weight excluding hydrogens is 240 g/mol. The Morgan fingerprint density at radius 1 is 1.41 bits per heavy atom. The second-order valence-corrected chi connectivity index (χ2v) is 4.40. The standard InChI is InChI=1S/C9H8N6OS/c10-3-1-2-4-5(6(11)8(12)17-4)7(3)14-9(16)15-13/h2,10-13H,1H2,(H,14,16). The van der Waals surface area contributed by atoms with Crippen molar-refractivity contribution in [1.82, 2.24) is 5.32 Å². The maximum Gasteiger partial charge on any atom is 0.363 e. The van der Waals surface area contributed by atoms with Crippen molar-refractivity contribution in [1.29, 1.82) is 21.8 Å². The summed E-state index contributed by atoms with van der Waals surface area (Å²) in [6.45, 7) is 0. The quantitative estimate of drug-likeness (QED) is 0.453. The molecule has 0 radical (unpaired) electrons. The Morgan fingerprint density at radius 2 is 2.12 bits per heavy atom. The molecule has 1 saturated heterocycles. The SMILES string of the molecule is N=NC(=O)NC1=C2C(=N)C(=N)SC2=CCC1=N. The molecule has 7 nitrogen and oxygen atoms in total. The largest absolute Gasteiger partial charge is 0.363 e. The van der Waals surface area contributed by atoms with Gasteiger partial charge >= 0.3 is 6.03 Å². The minimum Gasteiger partial charge on any atom is -0.303 e. The van der Waals surface area contributed by atoms with Crippen LogP contribution in [0.2, 0.25) is 0 Å². The Labute approximate surface area is 100 Å². The number of thioether (sulfide) groups is 1.